The number of anilines is 2. The zero-order valence-corrected chi connectivity index (χ0v) is 22.2. The van der Waals surface area contributed by atoms with Crippen molar-refractivity contribution in [2.75, 3.05) is 63.5 Å². The van der Waals surface area contributed by atoms with Gasteiger partial charge in [-0.25, -0.2) is 4.98 Å². The number of nitrogens with two attached hydrogens (primary N) is 1. The van der Waals surface area contributed by atoms with Crippen LogP contribution < -0.4 is 21.5 Å². The van der Waals surface area contributed by atoms with Crippen LogP contribution in [0.4, 0.5) is 11.4 Å². The van der Waals surface area contributed by atoms with Crippen molar-refractivity contribution in [3.63, 3.8) is 0 Å². The number of nitrogens with one attached hydrogen (secondary N) is 3. The maximum atomic E-state index is 13.2. The second-order valence-electron chi connectivity index (χ2n) is 11.3. The Morgan fingerprint density at radius 3 is 2.51 bits per heavy atom. The van der Waals surface area contributed by atoms with Crippen molar-refractivity contribution in [2.24, 2.45) is 5.92 Å². The van der Waals surface area contributed by atoms with E-state index in [1.165, 1.54) is 0 Å². The molecule has 2 aromatic heterocycles. The van der Waals surface area contributed by atoms with Gasteiger partial charge in [-0.15, -0.1) is 0 Å². The first-order chi connectivity index (χ1) is 18.9. The first kappa shape index (κ1) is 24.2. The fourth-order valence-corrected chi connectivity index (χ4v) is 6.45. The molecule has 39 heavy (non-hydrogen) atoms. The van der Waals surface area contributed by atoms with Gasteiger partial charge in [0.1, 0.15) is 11.4 Å². The molecule has 10 nitrogen and oxygen atoms in total. The van der Waals surface area contributed by atoms with Crippen molar-refractivity contribution in [3.8, 4) is 11.4 Å². The fraction of sp³-hybridized carbons (Fsp3) is 0.414. The molecule has 8 rings (SSSR count). The summed E-state index contributed by atoms with van der Waals surface area (Å²) in [5.74, 6) is 0.851. The molecular weight excluding hydrogens is 492 g/mol. The quantitative estimate of drug-likeness (QED) is 0.321. The third-order valence-corrected chi connectivity index (χ3v) is 8.86. The minimum absolute atomic E-state index is 0.108. The number of amides is 1. The molecular formula is C29H34N8O2. The van der Waals surface area contributed by atoms with E-state index in [-0.39, 0.29) is 23.1 Å². The summed E-state index contributed by atoms with van der Waals surface area (Å²) in [6.45, 7) is 7.13. The second kappa shape index (κ2) is 9.39. The molecule has 4 aliphatic rings. The summed E-state index contributed by atoms with van der Waals surface area (Å²) in [7, 11) is 2.14. The maximum absolute atomic E-state index is 13.2. The molecule has 6 heterocycles. The number of carbonyl (C=O) groups is 1. The topological polar surface area (TPSA) is 126 Å². The van der Waals surface area contributed by atoms with Crippen LogP contribution in [0.3, 0.4) is 0 Å². The summed E-state index contributed by atoms with van der Waals surface area (Å²) in [6.07, 6.45) is 2.27. The van der Waals surface area contributed by atoms with Gasteiger partial charge in [0.05, 0.1) is 22.2 Å². The van der Waals surface area contributed by atoms with E-state index in [4.69, 9.17) is 10.7 Å². The molecule has 0 aliphatic carbocycles. The van der Waals surface area contributed by atoms with Gasteiger partial charge in [-0.1, -0.05) is 0 Å². The van der Waals surface area contributed by atoms with Crippen LogP contribution >= 0.6 is 0 Å². The lowest BCUT2D eigenvalue weighted by Crippen LogP contribution is -2.57. The van der Waals surface area contributed by atoms with Gasteiger partial charge in [0, 0.05) is 55.4 Å². The summed E-state index contributed by atoms with van der Waals surface area (Å²) in [4.78, 5) is 44.4. The van der Waals surface area contributed by atoms with Gasteiger partial charge in [0.25, 0.3) is 11.5 Å². The van der Waals surface area contributed by atoms with Crippen LogP contribution in [0.15, 0.2) is 41.2 Å². The van der Waals surface area contributed by atoms with Crippen LogP contribution in [0.2, 0.25) is 0 Å². The average molecular weight is 527 g/mol. The predicted octanol–water partition coefficient (Wildman–Crippen LogP) is 2.23. The van der Waals surface area contributed by atoms with E-state index in [1.807, 2.05) is 6.07 Å². The summed E-state index contributed by atoms with van der Waals surface area (Å²) < 4.78 is 0. The lowest BCUT2D eigenvalue weighted by Gasteiger charge is -2.44. The molecule has 2 aromatic carbocycles. The van der Waals surface area contributed by atoms with Crippen molar-refractivity contribution >= 4 is 39.2 Å². The average Bonchev–Trinajstić information content (AvgIpc) is 3.37. The second-order valence-corrected chi connectivity index (χ2v) is 11.3. The number of nitrogens with zero attached hydrogens (tertiary/aromatic N) is 4. The van der Waals surface area contributed by atoms with Crippen molar-refractivity contribution in [2.45, 2.75) is 18.9 Å². The van der Waals surface area contributed by atoms with Crippen LogP contribution in [0.25, 0.3) is 33.3 Å². The van der Waals surface area contributed by atoms with Gasteiger partial charge in [0.2, 0.25) is 0 Å². The maximum Gasteiger partial charge on any atom is 0.261 e. The van der Waals surface area contributed by atoms with E-state index in [2.05, 4.69) is 49.2 Å². The van der Waals surface area contributed by atoms with E-state index in [1.54, 1.807) is 18.2 Å². The van der Waals surface area contributed by atoms with Gasteiger partial charge in [0.15, 0.2) is 0 Å². The Kier molecular flexibility index (Phi) is 5.82. The van der Waals surface area contributed by atoms with Gasteiger partial charge in [-0.05, 0) is 75.3 Å². The highest BCUT2D eigenvalue weighted by Gasteiger charge is 2.35. The molecule has 4 aromatic rings. The third-order valence-electron chi connectivity index (χ3n) is 8.86. The normalized spacial score (nSPS) is 23.5. The van der Waals surface area contributed by atoms with Crippen LogP contribution in [0.1, 0.15) is 23.2 Å². The third kappa shape index (κ3) is 4.33. The van der Waals surface area contributed by atoms with Crippen molar-refractivity contribution in [3.05, 3.63) is 52.3 Å². The van der Waals surface area contributed by atoms with Crippen LogP contribution in [-0.4, -0.2) is 89.6 Å². The molecule has 4 aliphatic heterocycles. The number of piperazine rings is 1. The van der Waals surface area contributed by atoms with Crippen LogP contribution in [0, 0.1) is 5.92 Å². The summed E-state index contributed by atoms with van der Waals surface area (Å²) in [6, 6.07) is 11.6. The van der Waals surface area contributed by atoms with Gasteiger partial charge in [-0.2, -0.15) is 0 Å². The van der Waals surface area contributed by atoms with Crippen LogP contribution in [-0.2, 0) is 0 Å². The zero-order chi connectivity index (χ0) is 26.7. The highest BCUT2D eigenvalue weighted by molar-refractivity contribution is 6.03. The molecule has 5 N–H and O–H groups in total. The molecule has 202 valence electrons. The number of pyridine rings is 1. The number of hydrogen-bond acceptors (Lipinski definition) is 7. The molecule has 0 radical (unpaired) electrons. The largest absolute Gasteiger partial charge is 0.397 e. The molecule has 4 fully saturated rings. The number of aromatic amines is 2. The Bertz CT molecular complexity index is 1630. The van der Waals surface area contributed by atoms with Crippen LogP contribution in [0.5, 0.6) is 0 Å². The molecule has 0 spiro atoms. The predicted molar refractivity (Wildman–Crippen MR) is 154 cm³/mol. The lowest BCUT2D eigenvalue weighted by atomic mass is 9.84. The first-order valence-electron chi connectivity index (χ1n) is 13.9. The standard InChI is InChI=1S/C29H34N8O2/c1-35-10-12-37(13-11-35)19-3-5-22-23(15-19)32-27(31-22)25-26(30)20-14-18(2-4-21(20)33-29(25)39)28(38)34-24-16-36-8-6-17(24)7-9-36/h2-5,14-15,17,24H,6-13,16H2,1H3,(H,31,32)(H,34,38)(H3,30,33,39)/t24-/m1/s1. The highest BCUT2D eigenvalue weighted by Crippen LogP contribution is 2.31. The zero-order valence-electron chi connectivity index (χ0n) is 22.2. The van der Waals surface area contributed by atoms with Gasteiger partial charge < -0.3 is 35.7 Å². The smallest absolute Gasteiger partial charge is 0.261 e. The number of imidazole rings is 1. The number of rotatable bonds is 4. The molecule has 4 saturated heterocycles. The molecule has 10 heteroatoms. The number of carbonyl (C=O) groups excluding carboxylic acids is 1. The number of aromatic nitrogens is 3. The number of nitrogen functional groups attached to an aromatic ring is 1. The number of piperidine rings is 3. The lowest BCUT2D eigenvalue weighted by molar-refractivity contribution is 0.0620. The first-order valence-corrected chi connectivity index (χ1v) is 13.9. The Hall–Kier alpha value is -3.89. The fourth-order valence-electron chi connectivity index (χ4n) is 6.45. The monoisotopic (exact) mass is 526 g/mol. The summed E-state index contributed by atoms with van der Waals surface area (Å²) in [5, 5.41) is 3.87. The Morgan fingerprint density at radius 1 is 1.00 bits per heavy atom. The van der Waals surface area contributed by atoms with Crippen molar-refractivity contribution in [1.29, 1.82) is 0 Å². The molecule has 1 amide bonds. The molecule has 0 saturated carbocycles. The minimum atomic E-state index is -0.317. The highest BCUT2D eigenvalue weighted by atomic mass is 16.1. The van der Waals surface area contributed by atoms with Crippen molar-refractivity contribution in [1.82, 2.24) is 30.1 Å². The molecule has 2 bridgehead atoms. The number of fused-ring (bicyclic) bond motifs is 5. The van der Waals surface area contributed by atoms with E-state index >= 15 is 0 Å². The van der Waals surface area contributed by atoms with E-state index < -0.39 is 0 Å². The van der Waals surface area contributed by atoms with E-state index in [0.717, 1.165) is 75.4 Å². The van der Waals surface area contributed by atoms with Crippen molar-refractivity contribution < 1.29 is 4.79 Å². The Morgan fingerprint density at radius 2 is 1.77 bits per heavy atom. The minimum Gasteiger partial charge on any atom is -0.397 e. The van der Waals surface area contributed by atoms with Gasteiger partial charge >= 0.3 is 0 Å². The molecule has 1 atom stereocenters. The summed E-state index contributed by atoms with van der Waals surface area (Å²) in [5.41, 5.74) is 10.8. The number of H-pyrrole nitrogens is 2. The van der Waals surface area contributed by atoms with Gasteiger partial charge in [-0.3, -0.25) is 9.59 Å². The summed E-state index contributed by atoms with van der Waals surface area (Å²) >= 11 is 0. The van der Waals surface area contributed by atoms with E-state index in [9.17, 15) is 9.59 Å². The Labute approximate surface area is 226 Å². The number of benzene rings is 2. The number of likely N-dealkylation sites (N-methyl/N-ethyl adjacent to an activating group) is 1. The SMILES string of the molecule is CN1CCN(c2ccc3[nH]c(-c4c(N)c5cc(C(=O)N[C@@H]6CN7CCC6CC7)ccc5[nH]c4=O)nc3c2)CC1. The molecule has 0 unspecified atom stereocenters. The van der Waals surface area contributed by atoms with E-state index in [0.29, 0.717) is 33.9 Å². The number of hydrogen-bond donors (Lipinski definition) is 4. The Balaban J connectivity index is 1.20.